The van der Waals surface area contributed by atoms with Crippen molar-refractivity contribution in [3.63, 3.8) is 0 Å². The van der Waals surface area contributed by atoms with E-state index in [9.17, 15) is 4.79 Å². The Morgan fingerprint density at radius 1 is 0.956 bits per heavy atom. The van der Waals surface area contributed by atoms with Crippen molar-refractivity contribution in [2.45, 2.75) is 30.9 Å². The summed E-state index contributed by atoms with van der Waals surface area (Å²) in [6.07, 6.45) is 0.766. The van der Waals surface area contributed by atoms with Crippen LogP contribution in [0.1, 0.15) is 34.8 Å². The quantitative estimate of drug-likeness (QED) is 0.158. The molecule has 1 aliphatic rings. The van der Waals surface area contributed by atoms with Crippen LogP contribution in [-0.4, -0.2) is 56.4 Å². The van der Waals surface area contributed by atoms with Crippen molar-refractivity contribution in [1.82, 2.24) is 5.32 Å². The zero-order valence-electron chi connectivity index (χ0n) is 25.4. The van der Waals surface area contributed by atoms with Gasteiger partial charge in [-0.1, -0.05) is 70.5 Å². The van der Waals surface area contributed by atoms with Crippen LogP contribution >= 0.6 is 15.9 Å². The van der Waals surface area contributed by atoms with E-state index in [4.69, 9.17) is 29.0 Å². The molecule has 0 saturated carbocycles. The smallest absolute Gasteiger partial charge is 0.252 e. The number of aliphatic imine (C=N–C) groups is 1. The molecule has 234 valence electrons. The standard InChI is InChI=1S/C36H37BrN2O6/c1-42-31-18-13-25(23-32(31)43-2)19-20-38-35(41)36(24-28-11-6-7-12-30(28)37)33(26-9-4-3-5-10-26)45-34(39-36)27-14-16-29(17-15-27)44-22-8-21-40/h3-7,9-18,23,33,40H,8,19-22,24H2,1-2H3,(H,38,41)/t33-,36-/m1/s1. The fourth-order valence-electron chi connectivity index (χ4n) is 5.35. The number of ether oxygens (including phenoxy) is 4. The van der Waals surface area contributed by atoms with Crippen LogP contribution in [0.2, 0.25) is 0 Å². The van der Waals surface area contributed by atoms with E-state index in [0.717, 1.165) is 26.7 Å². The minimum atomic E-state index is -1.30. The van der Waals surface area contributed by atoms with Gasteiger partial charge in [-0.2, -0.15) is 0 Å². The second-order valence-electron chi connectivity index (χ2n) is 10.7. The van der Waals surface area contributed by atoms with Gasteiger partial charge in [-0.15, -0.1) is 0 Å². The summed E-state index contributed by atoms with van der Waals surface area (Å²) in [7, 11) is 3.21. The lowest BCUT2D eigenvalue weighted by molar-refractivity contribution is -0.128. The number of amides is 1. The lowest BCUT2D eigenvalue weighted by Crippen LogP contribution is -2.50. The van der Waals surface area contributed by atoms with Gasteiger partial charge < -0.3 is 29.4 Å². The number of aliphatic hydroxyl groups is 1. The Labute approximate surface area is 272 Å². The molecule has 0 bridgehead atoms. The largest absolute Gasteiger partial charge is 0.494 e. The van der Waals surface area contributed by atoms with Crippen molar-refractivity contribution in [2.24, 2.45) is 4.99 Å². The van der Waals surface area contributed by atoms with Crippen LogP contribution in [0.25, 0.3) is 0 Å². The van der Waals surface area contributed by atoms with Crippen LogP contribution in [0, 0.1) is 0 Å². The van der Waals surface area contributed by atoms with Crippen molar-refractivity contribution in [1.29, 1.82) is 0 Å². The maximum Gasteiger partial charge on any atom is 0.252 e. The molecule has 0 saturated heterocycles. The summed E-state index contributed by atoms with van der Waals surface area (Å²) >= 11 is 3.68. The average molecular weight is 674 g/mol. The normalized spacial score (nSPS) is 17.2. The van der Waals surface area contributed by atoms with Gasteiger partial charge in [-0.05, 0) is 65.6 Å². The molecule has 2 N–H and O–H groups in total. The first-order valence-electron chi connectivity index (χ1n) is 14.9. The van der Waals surface area contributed by atoms with E-state index < -0.39 is 11.6 Å². The van der Waals surface area contributed by atoms with Gasteiger partial charge in [0.15, 0.2) is 23.1 Å². The highest BCUT2D eigenvalue weighted by atomic mass is 79.9. The molecule has 1 heterocycles. The lowest BCUT2D eigenvalue weighted by atomic mass is 9.82. The highest BCUT2D eigenvalue weighted by Gasteiger charge is 2.53. The number of carbonyl (C=O) groups excluding carboxylic acids is 1. The molecule has 1 aliphatic heterocycles. The number of halogens is 1. The number of methoxy groups -OCH3 is 2. The molecule has 5 rings (SSSR count). The molecule has 4 aromatic carbocycles. The maximum absolute atomic E-state index is 14.5. The molecular weight excluding hydrogens is 636 g/mol. The zero-order valence-corrected chi connectivity index (χ0v) is 27.0. The first-order chi connectivity index (χ1) is 22.0. The van der Waals surface area contributed by atoms with Crippen LogP contribution in [-0.2, 0) is 22.4 Å². The number of hydrogen-bond acceptors (Lipinski definition) is 7. The molecular formula is C36H37BrN2O6. The van der Waals surface area contributed by atoms with Crippen molar-refractivity contribution >= 4 is 27.7 Å². The Bertz CT molecular complexity index is 1610. The van der Waals surface area contributed by atoms with Crippen LogP contribution in [0.3, 0.4) is 0 Å². The summed E-state index contributed by atoms with van der Waals surface area (Å²) in [6.45, 7) is 0.875. The summed E-state index contributed by atoms with van der Waals surface area (Å²) in [4.78, 5) is 19.6. The molecule has 0 aromatic heterocycles. The zero-order chi connectivity index (χ0) is 31.6. The van der Waals surface area contributed by atoms with Crippen LogP contribution in [0.5, 0.6) is 17.2 Å². The molecule has 0 spiro atoms. The van der Waals surface area contributed by atoms with Gasteiger partial charge in [0.25, 0.3) is 5.91 Å². The Kier molecular flexibility index (Phi) is 10.8. The van der Waals surface area contributed by atoms with E-state index in [1.807, 2.05) is 97.1 Å². The molecule has 0 unspecified atom stereocenters. The maximum atomic E-state index is 14.5. The fraction of sp³-hybridized carbons (Fsp3) is 0.278. The van der Waals surface area contributed by atoms with E-state index in [0.29, 0.717) is 55.6 Å². The van der Waals surface area contributed by atoms with Crippen molar-refractivity contribution in [2.75, 3.05) is 34.0 Å². The Morgan fingerprint density at radius 2 is 1.69 bits per heavy atom. The van der Waals surface area contributed by atoms with Crippen molar-refractivity contribution in [3.8, 4) is 17.2 Å². The molecule has 45 heavy (non-hydrogen) atoms. The molecule has 0 radical (unpaired) electrons. The van der Waals surface area contributed by atoms with Gasteiger partial charge in [0.05, 0.1) is 20.8 Å². The van der Waals surface area contributed by atoms with E-state index in [1.54, 1.807) is 14.2 Å². The molecule has 0 aliphatic carbocycles. The van der Waals surface area contributed by atoms with Crippen LogP contribution in [0.4, 0.5) is 0 Å². The van der Waals surface area contributed by atoms with Gasteiger partial charge in [-0.3, -0.25) is 4.79 Å². The second kappa shape index (κ2) is 15.1. The number of hydrogen-bond donors (Lipinski definition) is 2. The number of nitrogens with one attached hydrogen (secondary N) is 1. The minimum absolute atomic E-state index is 0.0690. The highest BCUT2D eigenvalue weighted by Crippen LogP contribution is 2.43. The molecule has 1 amide bonds. The summed E-state index contributed by atoms with van der Waals surface area (Å²) in [5.41, 5.74) is 2.23. The number of nitrogens with zero attached hydrogens (tertiary/aromatic N) is 1. The van der Waals surface area contributed by atoms with E-state index in [1.165, 1.54) is 0 Å². The number of rotatable bonds is 14. The third-order valence-corrected chi connectivity index (χ3v) is 8.47. The van der Waals surface area contributed by atoms with Crippen molar-refractivity contribution < 1.29 is 28.8 Å². The van der Waals surface area contributed by atoms with Gasteiger partial charge in [-0.25, -0.2) is 4.99 Å². The number of aliphatic hydroxyl groups excluding tert-OH is 1. The Hall–Kier alpha value is -4.34. The fourth-order valence-corrected chi connectivity index (χ4v) is 5.78. The summed E-state index contributed by atoms with van der Waals surface area (Å²) in [5, 5.41) is 12.2. The van der Waals surface area contributed by atoms with Gasteiger partial charge in [0.1, 0.15) is 5.75 Å². The lowest BCUT2D eigenvalue weighted by Gasteiger charge is -2.31. The first-order valence-corrected chi connectivity index (χ1v) is 15.6. The van der Waals surface area contributed by atoms with Crippen LogP contribution < -0.4 is 19.5 Å². The molecule has 4 aromatic rings. The van der Waals surface area contributed by atoms with Crippen molar-refractivity contribution in [3.05, 3.63) is 124 Å². The van der Waals surface area contributed by atoms with E-state index in [-0.39, 0.29) is 12.5 Å². The Morgan fingerprint density at radius 3 is 2.40 bits per heavy atom. The third kappa shape index (κ3) is 7.49. The molecule has 2 atom stereocenters. The molecule has 8 nitrogen and oxygen atoms in total. The minimum Gasteiger partial charge on any atom is -0.494 e. The first kappa shape index (κ1) is 32.1. The van der Waals surface area contributed by atoms with E-state index in [2.05, 4.69) is 21.2 Å². The second-order valence-corrected chi connectivity index (χ2v) is 11.5. The predicted molar refractivity (Wildman–Crippen MR) is 177 cm³/mol. The van der Waals surface area contributed by atoms with E-state index >= 15 is 0 Å². The molecule has 9 heteroatoms. The van der Waals surface area contributed by atoms with Gasteiger partial charge >= 0.3 is 0 Å². The summed E-state index contributed by atoms with van der Waals surface area (Å²) in [5.74, 6) is 2.12. The number of benzene rings is 4. The number of carbonyl (C=O) groups is 1. The predicted octanol–water partition coefficient (Wildman–Crippen LogP) is 6.09. The average Bonchev–Trinajstić information content (AvgIpc) is 3.47. The highest BCUT2D eigenvalue weighted by molar-refractivity contribution is 9.10. The SMILES string of the molecule is COc1ccc(CCNC(=O)[C@]2(Cc3ccccc3Br)N=C(c3ccc(OCCCO)cc3)O[C@@H]2c2ccccc2)cc1OC. The third-order valence-electron chi connectivity index (χ3n) is 7.70. The van der Waals surface area contributed by atoms with Gasteiger partial charge in [0, 0.05) is 36.0 Å². The monoisotopic (exact) mass is 672 g/mol. The van der Waals surface area contributed by atoms with Crippen LogP contribution in [0.15, 0.2) is 107 Å². The summed E-state index contributed by atoms with van der Waals surface area (Å²) < 4.78 is 24.0. The summed E-state index contributed by atoms with van der Waals surface area (Å²) in [6, 6.07) is 30.8. The topological polar surface area (TPSA) is 98.6 Å². The Balaban J connectivity index is 1.48. The molecule has 0 fully saturated rings. The van der Waals surface area contributed by atoms with Gasteiger partial charge in [0.2, 0.25) is 5.90 Å².